The predicted molar refractivity (Wildman–Crippen MR) is 59.7 cm³/mol. The lowest BCUT2D eigenvalue weighted by molar-refractivity contribution is 0.596. The summed E-state index contributed by atoms with van der Waals surface area (Å²) in [6.07, 6.45) is 1.68. The highest BCUT2D eigenvalue weighted by Crippen LogP contribution is 2.13. The Labute approximate surface area is 85.2 Å². The van der Waals surface area contributed by atoms with Gasteiger partial charge >= 0.3 is 0 Å². The molecule has 0 spiro atoms. The van der Waals surface area contributed by atoms with Gasteiger partial charge in [-0.3, -0.25) is 0 Å². The average Bonchev–Trinajstić information content (AvgIpc) is 2.18. The minimum atomic E-state index is -2.95. The fourth-order valence-corrected chi connectivity index (χ4v) is 2.14. The molecule has 3 heteroatoms. The molecule has 1 rings (SSSR count). The lowest BCUT2D eigenvalue weighted by Crippen LogP contribution is -2.07. The molecule has 0 aromatic heterocycles. The molecule has 0 aliphatic carbocycles. The van der Waals surface area contributed by atoms with Crippen LogP contribution in [-0.4, -0.2) is 14.2 Å². The van der Waals surface area contributed by atoms with E-state index in [1.807, 2.05) is 24.3 Å². The summed E-state index contributed by atoms with van der Waals surface area (Å²) < 4.78 is 22.8. The van der Waals surface area contributed by atoms with E-state index >= 15 is 0 Å². The summed E-state index contributed by atoms with van der Waals surface area (Å²) in [4.78, 5) is 0. The van der Waals surface area contributed by atoms with Gasteiger partial charge in [-0.15, -0.1) is 0 Å². The standard InChI is InChI=1S/C11H14O2S/c1-3-10-7-5-6-8-11(10)9-14(12,13)4-2/h3,5-8H,1,4,9H2,2H3. The summed E-state index contributed by atoms with van der Waals surface area (Å²) in [6.45, 7) is 5.31. The maximum absolute atomic E-state index is 11.4. The second-order valence-corrected chi connectivity index (χ2v) is 5.43. The molecular formula is C11H14O2S. The van der Waals surface area contributed by atoms with Gasteiger partial charge in [0.15, 0.2) is 9.84 Å². The van der Waals surface area contributed by atoms with Crippen LogP contribution >= 0.6 is 0 Å². The molecule has 0 aliphatic heterocycles. The van der Waals surface area contributed by atoms with Crippen molar-refractivity contribution in [1.29, 1.82) is 0 Å². The highest BCUT2D eigenvalue weighted by molar-refractivity contribution is 7.90. The predicted octanol–water partition coefficient (Wildman–Crippen LogP) is 2.26. The maximum Gasteiger partial charge on any atom is 0.154 e. The SMILES string of the molecule is C=Cc1ccccc1CS(=O)(=O)CC. The third-order valence-electron chi connectivity index (χ3n) is 2.09. The molecule has 0 atom stereocenters. The molecule has 1 aromatic rings. The second kappa shape index (κ2) is 4.42. The molecule has 0 aliphatic rings. The van der Waals surface area contributed by atoms with Crippen LogP contribution in [0.4, 0.5) is 0 Å². The van der Waals surface area contributed by atoms with Gasteiger partial charge in [0.05, 0.1) is 5.75 Å². The smallest absolute Gasteiger partial charge is 0.154 e. The van der Waals surface area contributed by atoms with E-state index in [1.54, 1.807) is 13.0 Å². The quantitative estimate of drug-likeness (QED) is 0.764. The van der Waals surface area contributed by atoms with Crippen LogP contribution in [0.5, 0.6) is 0 Å². The minimum absolute atomic E-state index is 0.103. The van der Waals surface area contributed by atoms with Crippen molar-refractivity contribution < 1.29 is 8.42 Å². The molecule has 0 amide bonds. The molecule has 14 heavy (non-hydrogen) atoms. The van der Waals surface area contributed by atoms with Gasteiger partial charge in [0.25, 0.3) is 0 Å². The van der Waals surface area contributed by atoms with Crippen molar-refractivity contribution >= 4 is 15.9 Å². The van der Waals surface area contributed by atoms with Crippen LogP contribution in [0.15, 0.2) is 30.8 Å². The van der Waals surface area contributed by atoms with E-state index in [4.69, 9.17) is 0 Å². The molecule has 0 fully saturated rings. The molecule has 0 radical (unpaired) electrons. The zero-order chi connectivity index (χ0) is 10.6. The molecule has 2 nitrogen and oxygen atoms in total. The third kappa shape index (κ3) is 2.70. The summed E-state index contributed by atoms with van der Waals surface area (Å²) in [6, 6.07) is 7.41. The van der Waals surface area contributed by atoms with Crippen LogP contribution in [0.25, 0.3) is 6.08 Å². The van der Waals surface area contributed by atoms with Crippen molar-refractivity contribution in [2.24, 2.45) is 0 Å². The van der Waals surface area contributed by atoms with E-state index in [1.165, 1.54) is 0 Å². The number of hydrogen-bond acceptors (Lipinski definition) is 2. The molecule has 76 valence electrons. The Morgan fingerprint density at radius 2 is 2.00 bits per heavy atom. The minimum Gasteiger partial charge on any atom is -0.229 e. The first-order chi connectivity index (χ1) is 6.59. The van der Waals surface area contributed by atoms with Gasteiger partial charge in [-0.25, -0.2) is 8.42 Å². The van der Waals surface area contributed by atoms with Gasteiger partial charge in [0, 0.05) is 5.75 Å². The topological polar surface area (TPSA) is 34.1 Å². The molecule has 0 heterocycles. The van der Waals surface area contributed by atoms with Crippen LogP contribution in [-0.2, 0) is 15.6 Å². The van der Waals surface area contributed by atoms with Gasteiger partial charge in [-0.1, -0.05) is 43.8 Å². The van der Waals surface area contributed by atoms with Gasteiger partial charge in [-0.05, 0) is 11.1 Å². The van der Waals surface area contributed by atoms with E-state index in [2.05, 4.69) is 6.58 Å². The van der Waals surface area contributed by atoms with Crippen LogP contribution < -0.4 is 0 Å². The summed E-state index contributed by atoms with van der Waals surface area (Å²) in [5.74, 6) is 0.282. The third-order valence-corrected chi connectivity index (χ3v) is 3.72. The highest BCUT2D eigenvalue weighted by Gasteiger charge is 2.10. The van der Waals surface area contributed by atoms with Gasteiger partial charge < -0.3 is 0 Å². The molecule has 0 bridgehead atoms. The summed E-state index contributed by atoms with van der Waals surface area (Å²) in [5.41, 5.74) is 1.72. The zero-order valence-electron chi connectivity index (χ0n) is 8.23. The van der Waals surface area contributed by atoms with Gasteiger partial charge in [0.1, 0.15) is 0 Å². The molecule has 0 saturated heterocycles. The number of sulfone groups is 1. The first kappa shape index (κ1) is 11.0. The van der Waals surface area contributed by atoms with Crippen molar-refractivity contribution in [3.8, 4) is 0 Å². The lowest BCUT2D eigenvalue weighted by Gasteiger charge is -2.05. The molecule has 0 unspecified atom stereocenters. The fourth-order valence-electron chi connectivity index (χ4n) is 1.20. The van der Waals surface area contributed by atoms with E-state index in [9.17, 15) is 8.42 Å². The van der Waals surface area contributed by atoms with Crippen molar-refractivity contribution in [3.05, 3.63) is 42.0 Å². The van der Waals surface area contributed by atoms with E-state index in [-0.39, 0.29) is 11.5 Å². The Bertz CT molecular complexity index is 419. The van der Waals surface area contributed by atoms with Crippen LogP contribution in [0.3, 0.4) is 0 Å². The Balaban J connectivity index is 3.03. The first-order valence-corrected chi connectivity index (χ1v) is 6.32. The highest BCUT2D eigenvalue weighted by atomic mass is 32.2. The Morgan fingerprint density at radius 3 is 2.57 bits per heavy atom. The Morgan fingerprint density at radius 1 is 1.36 bits per heavy atom. The van der Waals surface area contributed by atoms with Gasteiger partial charge in [-0.2, -0.15) is 0 Å². The summed E-state index contributed by atoms with van der Waals surface area (Å²) in [7, 11) is -2.95. The monoisotopic (exact) mass is 210 g/mol. The van der Waals surface area contributed by atoms with Gasteiger partial charge in [0.2, 0.25) is 0 Å². The van der Waals surface area contributed by atoms with Crippen LogP contribution in [0, 0.1) is 0 Å². The molecule has 1 aromatic carbocycles. The number of hydrogen-bond donors (Lipinski definition) is 0. The summed E-state index contributed by atoms with van der Waals surface area (Å²) in [5, 5.41) is 0. The fraction of sp³-hybridized carbons (Fsp3) is 0.273. The average molecular weight is 210 g/mol. The first-order valence-electron chi connectivity index (χ1n) is 4.50. The Kier molecular flexibility index (Phi) is 3.47. The normalized spacial score (nSPS) is 11.2. The molecular weight excluding hydrogens is 196 g/mol. The van der Waals surface area contributed by atoms with Crippen molar-refractivity contribution in [2.45, 2.75) is 12.7 Å². The van der Waals surface area contributed by atoms with Crippen molar-refractivity contribution in [3.63, 3.8) is 0 Å². The number of benzene rings is 1. The van der Waals surface area contributed by atoms with E-state index in [0.29, 0.717) is 0 Å². The van der Waals surface area contributed by atoms with E-state index in [0.717, 1.165) is 11.1 Å². The summed E-state index contributed by atoms with van der Waals surface area (Å²) >= 11 is 0. The van der Waals surface area contributed by atoms with E-state index < -0.39 is 9.84 Å². The largest absolute Gasteiger partial charge is 0.229 e. The Hall–Kier alpha value is -1.09. The molecule has 0 N–H and O–H groups in total. The number of rotatable bonds is 4. The zero-order valence-corrected chi connectivity index (χ0v) is 9.05. The van der Waals surface area contributed by atoms with Crippen LogP contribution in [0.1, 0.15) is 18.1 Å². The molecule has 0 saturated carbocycles. The second-order valence-electron chi connectivity index (χ2n) is 3.08. The van der Waals surface area contributed by atoms with Crippen molar-refractivity contribution in [2.75, 3.05) is 5.75 Å². The maximum atomic E-state index is 11.4. The van der Waals surface area contributed by atoms with Crippen molar-refractivity contribution in [1.82, 2.24) is 0 Å². The van der Waals surface area contributed by atoms with Crippen LogP contribution in [0.2, 0.25) is 0 Å². The lowest BCUT2D eigenvalue weighted by atomic mass is 10.1.